The van der Waals surface area contributed by atoms with Gasteiger partial charge in [0.1, 0.15) is 5.60 Å². The van der Waals surface area contributed by atoms with Gasteiger partial charge in [-0.15, -0.1) is 0 Å². The zero-order chi connectivity index (χ0) is 11.6. The molecule has 0 aromatic heterocycles. The van der Waals surface area contributed by atoms with Gasteiger partial charge in [-0.3, -0.25) is 4.79 Å². The zero-order valence-electron chi connectivity index (χ0n) is 9.61. The number of rotatable bonds is 3. The average Bonchev–Trinajstić information content (AvgIpc) is 1.99. The van der Waals surface area contributed by atoms with Gasteiger partial charge in [0.25, 0.3) is 0 Å². The van der Waals surface area contributed by atoms with Crippen molar-refractivity contribution in [1.82, 2.24) is 0 Å². The van der Waals surface area contributed by atoms with Crippen LogP contribution in [0.25, 0.3) is 0 Å². The van der Waals surface area contributed by atoms with E-state index in [1.54, 1.807) is 0 Å². The van der Waals surface area contributed by atoms with Gasteiger partial charge in [0, 0.05) is 5.33 Å². The normalized spacial score (nSPS) is 15.9. The van der Waals surface area contributed by atoms with Crippen LogP contribution in [0.4, 0.5) is 0 Å². The Morgan fingerprint density at radius 2 is 1.79 bits per heavy atom. The molecule has 0 radical (unpaired) electrons. The molecule has 0 rings (SSSR count). The second-order valence-corrected chi connectivity index (χ2v) is 5.31. The molecule has 0 aliphatic heterocycles. The van der Waals surface area contributed by atoms with Crippen molar-refractivity contribution in [2.75, 3.05) is 5.33 Å². The molecule has 0 bridgehead atoms. The average molecular weight is 263 g/mol. The van der Waals surface area contributed by atoms with Crippen molar-refractivity contribution in [1.29, 1.82) is 0 Å². The summed E-state index contributed by atoms with van der Waals surface area (Å²) in [5.41, 5.74) is -0.271. The smallest absolute Gasteiger partial charge is 0.317 e. The van der Waals surface area contributed by atoms with Crippen LogP contribution >= 0.6 is 15.9 Å². The van der Waals surface area contributed by atoms with E-state index in [1.807, 2.05) is 34.6 Å². The summed E-state index contributed by atoms with van der Waals surface area (Å²) < 4.78 is 5.33. The van der Waals surface area contributed by atoms with Crippen molar-refractivity contribution >= 4 is 21.9 Å². The summed E-state index contributed by atoms with van der Waals surface area (Å²) in [6.45, 7) is 13.1. The Labute approximate surface area is 94.8 Å². The fourth-order valence-electron chi connectivity index (χ4n) is 0.734. The molecule has 0 heterocycles. The second-order valence-electron chi connectivity index (χ2n) is 4.75. The van der Waals surface area contributed by atoms with Crippen LogP contribution < -0.4 is 0 Å². The lowest BCUT2D eigenvalue weighted by Gasteiger charge is -2.30. The quantitative estimate of drug-likeness (QED) is 0.443. The maximum absolute atomic E-state index is 11.8. The molecule has 0 saturated heterocycles. The van der Waals surface area contributed by atoms with Crippen molar-refractivity contribution in [3.8, 4) is 0 Å². The lowest BCUT2D eigenvalue weighted by molar-refractivity contribution is -0.163. The molecule has 0 aliphatic rings. The van der Waals surface area contributed by atoms with Crippen molar-refractivity contribution in [3.05, 3.63) is 12.2 Å². The number of halogens is 1. The number of carbonyl (C=O) groups excluding carboxylic acids is 1. The van der Waals surface area contributed by atoms with Crippen LogP contribution in [-0.2, 0) is 9.53 Å². The molecule has 82 valence electrons. The SMILES string of the molecule is C=C(C)C(C)(CBr)C(=O)OC(C)(C)C. The van der Waals surface area contributed by atoms with Crippen LogP contribution in [0.2, 0.25) is 0 Å². The summed E-state index contributed by atoms with van der Waals surface area (Å²) in [6, 6.07) is 0. The molecule has 0 spiro atoms. The molecule has 0 aromatic rings. The molecule has 1 atom stereocenters. The highest BCUT2D eigenvalue weighted by molar-refractivity contribution is 9.09. The minimum atomic E-state index is -0.632. The summed E-state index contributed by atoms with van der Waals surface area (Å²) in [5, 5.41) is 0.532. The minimum absolute atomic E-state index is 0.227. The summed E-state index contributed by atoms with van der Waals surface area (Å²) in [6.07, 6.45) is 0. The highest BCUT2D eigenvalue weighted by Crippen LogP contribution is 2.31. The van der Waals surface area contributed by atoms with E-state index in [1.165, 1.54) is 0 Å². The van der Waals surface area contributed by atoms with E-state index in [0.717, 1.165) is 5.57 Å². The maximum atomic E-state index is 11.8. The molecule has 0 fully saturated rings. The second kappa shape index (κ2) is 4.47. The van der Waals surface area contributed by atoms with Crippen molar-refractivity contribution < 1.29 is 9.53 Å². The Bertz CT molecular complexity index is 240. The third kappa shape index (κ3) is 3.45. The summed E-state index contributed by atoms with van der Waals surface area (Å²) in [7, 11) is 0. The van der Waals surface area contributed by atoms with E-state index >= 15 is 0 Å². The Balaban J connectivity index is 4.73. The molecule has 14 heavy (non-hydrogen) atoms. The number of hydrogen-bond donors (Lipinski definition) is 0. The topological polar surface area (TPSA) is 26.3 Å². The summed E-state index contributed by atoms with van der Waals surface area (Å²) in [5.74, 6) is -0.227. The summed E-state index contributed by atoms with van der Waals surface area (Å²) in [4.78, 5) is 11.8. The van der Waals surface area contributed by atoms with Gasteiger partial charge < -0.3 is 4.74 Å². The van der Waals surface area contributed by atoms with Gasteiger partial charge in [-0.05, 0) is 34.6 Å². The number of carbonyl (C=O) groups is 1. The molecule has 0 aliphatic carbocycles. The Hall–Kier alpha value is -0.310. The predicted octanol–water partition coefficient (Wildman–Crippen LogP) is 3.31. The van der Waals surface area contributed by atoms with E-state index in [0.29, 0.717) is 5.33 Å². The highest BCUT2D eigenvalue weighted by Gasteiger charge is 2.36. The van der Waals surface area contributed by atoms with E-state index < -0.39 is 11.0 Å². The molecule has 0 amide bonds. The molecular formula is C11H19BrO2. The molecule has 2 nitrogen and oxygen atoms in total. The molecule has 1 unspecified atom stereocenters. The van der Waals surface area contributed by atoms with Gasteiger partial charge in [0.05, 0.1) is 5.41 Å². The monoisotopic (exact) mass is 262 g/mol. The first-order chi connectivity index (χ1) is 6.13. The number of hydrogen-bond acceptors (Lipinski definition) is 2. The number of esters is 1. The minimum Gasteiger partial charge on any atom is -0.459 e. The first kappa shape index (κ1) is 13.7. The van der Waals surface area contributed by atoms with Crippen LogP contribution in [0.1, 0.15) is 34.6 Å². The van der Waals surface area contributed by atoms with E-state index in [4.69, 9.17) is 4.74 Å². The molecule has 3 heteroatoms. The molecule has 0 saturated carbocycles. The summed E-state index contributed by atoms with van der Waals surface area (Å²) >= 11 is 3.32. The standard InChI is InChI=1S/C11H19BrO2/c1-8(2)11(6,7-12)9(13)14-10(3,4)5/h1,7H2,2-6H3. The van der Waals surface area contributed by atoms with E-state index in [9.17, 15) is 4.79 Å². The first-order valence-electron chi connectivity index (χ1n) is 4.59. The van der Waals surface area contributed by atoms with E-state index in [-0.39, 0.29) is 5.97 Å². The Kier molecular flexibility index (Phi) is 4.37. The third-order valence-corrected chi connectivity index (χ3v) is 3.18. The third-order valence-electron chi connectivity index (χ3n) is 2.06. The van der Waals surface area contributed by atoms with Gasteiger partial charge in [-0.25, -0.2) is 0 Å². The Morgan fingerprint density at radius 1 is 1.36 bits per heavy atom. The number of alkyl halides is 1. The fraction of sp³-hybridized carbons (Fsp3) is 0.727. The van der Waals surface area contributed by atoms with Crippen LogP contribution in [0.3, 0.4) is 0 Å². The van der Waals surface area contributed by atoms with Crippen molar-refractivity contribution in [2.45, 2.75) is 40.2 Å². The van der Waals surface area contributed by atoms with Crippen molar-refractivity contribution in [3.63, 3.8) is 0 Å². The first-order valence-corrected chi connectivity index (χ1v) is 5.71. The van der Waals surface area contributed by atoms with Crippen LogP contribution in [0, 0.1) is 5.41 Å². The lowest BCUT2D eigenvalue weighted by atomic mass is 9.86. The molecule has 0 N–H and O–H groups in total. The number of ether oxygens (including phenoxy) is 1. The largest absolute Gasteiger partial charge is 0.459 e. The molecule has 0 aromatic carbocycles. The van der Waals surface area contributed by atoms with Gasteiger partial charge >= 0.3 is 5.97 Å². The maximum Gasteiger partial charge on any atom is 0.317 e. The molecular weight excluding hydrogens is 244 g/mol. The highest BCUT2D eigenvalue weighted by atomic mass is 79.9. The van der Waals surface area contributed by atoms with Crippen LogP contribution in [-0.4, -0.2) is 16.9 Å². The van der Waals surface area contributed by atoms with Gasteiger partial charge in [-0.2, -0.15) is 0 Å². The lowest BCUT2D eigenvalue weighted by Crippen LogP contribution is -2.37. The van der Waals surface area contributed by atoms with Gasteiger partial charge in [0.2, 0.25) is 0 Å². The van der Waals surface area contributed by atoms with E-state index in [2.05, 4.69) is 22.5 Å². The van der Waals surface area contributed by atoms with Gasteiger partial charge in [0.15, 0.2) is 0 Å². The zero-order valence-corrected chi connectivity index (χ0v) is 11.2. The predicted molar refractivity (Wildman–Crippen MR) is 62.6 cm³/mol. The fourth-order valence-corrected chi connectivity index (χ4v) is 1.44. The van der Waals surface area contributed by atoms with Crippen LogP contribution in [0.5, 0.6) is 0 Å². The van der Waals surface area contributed by atoms with Crippen LogP contribution in [0.15, 0.2) is 12.2 Å². The van der Waals surface area contributed by atoms with Gasteiger partial charge in [-0.1, -0.05) is 28.1 Å². The van der Waals surface area contributed by atoms with Crippen molar-refractivity contribution in [2.24, 2.45) is 5.41 Å². The Morgan fingerprint density at radius 3 is 2.00 bits per heavy atom.